The van der Waals surface area contributed by atoms with Crippen LogP contribution in [0.3, 0.4) is 0 Å². The summed E-state index contributed by atoms with van der Waals surface area (Å²) in [4.78, 5) is 13.9. The summed E-state index contributed by atoms with van der Waals surface area (Å²) in [6.45, 7) is 0. The van der Waals surface area contributed by atoms with Gasteiger partial charge in [-0.05, 0) is 35.4 Å². The molecule has 30 heavy (non-hydrogen) atoms. The zero-order chi connectivity index (χ0) is 20.8. The zero-order valence-corrected chi connectivity index (χ0v) is 17.0. The molecule has 2 N–H and O–H groups in total. The maximum absolute atomic E-state index is 13.4. The summed E-state index contributed by atoms with van der Waals surface area (Å²) >= 11 is 5.69. The molecule has 0 aliphatic heterocycles. The topological polar surface area (TPSA) is 41.1 Å². The fourth-order valence-corrected chi connectivity index (χ4v) is 3.57. The first-order valence-electron chi connectivity index (χ1n) is 9.63. The van der Waals surface area contributed by atoms with E-state index in [0.717, 1.165) is 22.5 Å². The number of carbonyl (C=O) groups is 1. The highest BCUT2D eigenvalue weighted by Crippen LogP contribution is 2.28. The summed E-state index contributed by atoms with van der Waals surface area (Å²) in [7, 11) is 0. The van der Waals surface area contributed by atoms with Crippen LogP contribution in [0.5, 0.6) is 0 Å². The smallest absolute Gasteiger partial charge is 0.257 e. The number of amides is 1. The van der Waals surface area contributed by atoms with Crippen LogP contribution in [0.2, 0.25) is 0 Å². The molecule has 0 heterocycles. The van der Waals surface area contributed by atoms with Crippen molar-refractivity contribution < 1.29 is 4.79 Å². The number of hydrogen-bond acceptors (Lipinski definition) is 2. The molecule has 0 spiro atoms. The quantitative estimate of drug-likeness (QED) is 0.376. The second-order valence-electron chi connectivity index (χ2n) is 6.73. The molecule has 4 aromatic rings. The standard InChI is InChI=1S/C26H20N2OS/c29-25(27-20-13-6-2-7-14-20)24-22(19-11-4-1-5-12-19)17-10-18-23(24)26(30)28-21-15-8-3-9-16-21/h1-18H,(H,27,29)(H,28,30). The average molecular weight is 409 g/mol. The number of thiocarbonyl (C=S) groups is 1. The number of para-hydroxylation sites is 2. The van der Waals surface area contributed by atoms with Crippen molar-refractivity contribution in [3.63, 3.8) is 0 Å². The molecule has 0 unspecified atom stereocenters. The Morgan fingerprint density at radius 2 is 1.13 bits per heavy atom. The Morgan fingerprint density at radius 1 is 0.600 bits per heavy atom. The van der Waals surface area contributed by atoms with Crippen molar-refractivity contribution in [3.05, 3.63) is 120 Å². The highest BCUT2D eigenvalue weighted by atomic mass is 32.1. The van der Waals surface area contributed by atoms with E-state index in [9.17, 15) is 4.79 Å². The van der Waals surface area contributed by atoms with Gasteiger partial charge < -0.3 is 10.6 Å². The molecule has 0 aromatic heterocycles. The number of benzene rings is 4. The Balaban J connectivity index is 1.77. The van der Waals surface area contributed by atoms with Gasteiger partial charge in [0.15, 0.2) is 0 Å². The van der Waals surface area contributed by atoms with Crippen molar-refractivity contribution in [1.29, 1.82) is 0 Å². The van der Waals surface area contributed by atoms with Crippen molar-refractivity contribution in [1.82, 2.24) is 0 Å². The van der Waals surface area contributed by atoms with Gasteiger partial charge in [-0.1, -0.05) is 97.1 Å². The van der Waals surface area contributed by atoms with Crippen LogP contribution in [0, 0.1) is 0 Å². The third-order valence-electron chi connectivity index (χ3n) is 4.68. The molecule has 0 fully saturated rings. The molecule has 0 aliphatic carbocycles. The van der Waals surface area contributed by atoms with Gasteiger partial charge in [-0.15, -0.1) is 0 Å². The molecule has 0 saturated heterocycles. The summed E-state index contributed by atoms with van der Waals surface area (Å²) in [6, 6.07) is 34.7. The first-order chi connectivity index (χ1) is 14.7. The first kappa shape index (κ1) is 19.6. The van der Waals surface area contributed by atoms with Crippen LogP contribution in [-0.4, -0.2) is 10.9 Å². The maximum atomic E-state index is 13.4. The monoisotopic (exact) mass is 408 g/mol. The predicted octanol–water partition coefficient (Wildman–Crippen LogP) is 6.39. The Morgan fingerprint density at radius 3 is 1.73 bits per heavy atom. The normalized spacial score (nSPS) is 10.3. The molecule has 1 amide bonds. The largest absolute Gasteiger partial charge is 0.346 e. The third-order valence-corrected chi connectivity index (χ3v) is 5.01. The van der Waals surface area contributed by atoms with Gasteiger partial charge in [-0.25, -0.2) is 0 Å². The van der Waals surface area contributed by atoms with E-state index in [0.29, 0.717) is 16.1 Å². The fourth-order valence-electron chi connectivity index (χ4n) is 3.28. The van der Waals surface area contributed by atoms with Crippen molar-refractivity contribution >= 4 is 34.5 Å². The van der Waals surface area contributed by atoms with E-state index >= 15 is 0 Å². The van der Waals surface area contributed by atoms with Gasteiger partial charge in [0.1, 0.15) is 4.99 Å². The first-order valence-corrected chi connectivity index (χ1v) is 10.0. The summed E-state index contributed by atoms with van der Waals surface area (Å²) in [5.74, 6) is -0.201. The number of nitrogens with one attached hydrogen (secondary N) is 2. The van der Waals surface area contributed by atoms with Crippen LogP contribution in [0.15, 0.2) is 109 Å². The number of hydrogen-bond donors (Lipinski definition) is 2. The summed E-state index contributed by atoms with van der Waals surface area (Å²) in [5.41, 5.74) is 4.63. The van der Waals surface area contributed by atoms with E-state index in [1.165, 1.54) is 0 Å². The number of carbonyl (C=O) groups excluding carboxylic acids is 1. The zero-order valence-electron chi connectivity index (χ0n) is 16.2. The lowest BCUT2D eigenvalue weighted by molar-refractivity contribution is 0.102. The predicted molar refractivity (Wildman–Crippen MR) is 128 cm³/mol. The van der Waals surface area contributed by atoms with Gasteiger partial charge in [-0.3, -0.25) is 4.79 Å². The van der Waals surface area contributed by atoms with Crippen molar-refractivity contribution in [2.45, 2.75) is 0 Å². The second-order valence-corrected chi connectivity index (χ2v) is 7.14. The van der Waals surface area contributed by atoms with Gasteiger partial charge in [0, 0.05) is 16.9 Å². The van der Waals surface area contributed by atoms with Crippen LogP contribution < -0.4 is 10.6 Å². The Hall–Kier alpha value is -3.76. The number of rotatable bonds is 5. The molecule has 4 aromatic carbocycles. The molecular weight excluding hydrogens is 388 g/mol. The molecule has 4 heteroatoms. The van der Waals surface area contributed by atoms with Crippen molar-refractivity contribution in [2.24, 2.45) is 0 Å². The lowest BCUT2D eigenvalue weighted by atomic mass is 9.94. The van der Waals surface area contributed by atoms with E-state index in [1.54, 1.807) is 0 Å². The lowest BCUT2D eigenvalue weighted by Gasteiger charge is -2.17. The van der Waals surface area contributed by atoms with Crippen LogP contribution >= 0.6 is 12.2 Å². The van der Waals surface area contributed by atoms with E-state index in [1.807, 2.05) is 109 Å². The average Bonchev–Trinajstić information content (AvgIpc) is 2.80. The molecule has 0 aliphatic rings. The van der Waals surface area contributed by atoms with Gasteiger partial charge in [0.25, 0.3) is 5.91 Å². The van der Waals surface area contributed by atoms with E-state index in [2.05, 4.69) is 10.6 Å². The van der Waals surface area contributed by atoms with Crippen molar-refractivity contribution in [2.75, 3.05) is 10.6 Å². The minimum atomic E-state index is -0.201. The minimum absolute atomic E-state index is 0.201. The van der Waals surface area contributed by atoms with Gasteiger partial charge in [-0.2, -0.15) is 0 Å². The molecule has 4 rings (SSSR count). The van der Waals surface area contributed by atoms with Crippen LogP contribution in [0.1, 0.15) is 15.9 Å². The maximum Gasteiger partial charge on any atom is 0.257 e. The van der Waals surface area contributed by atoms with E-state index in [-0.39, 0.29) is 5.91 Å². The Labute approximate surface area is 181 Å². The second kappa shape index (κ2) is 9.16. The summed E-state index contributed by atoms with van der Waals surface area (Å²) in [5, 5.41) is 6.25. The Bertz CT molecular complexity index is 1160. The van der Waals surface area contributed by atoms with Crippen LogP contribution in [0.25, 0.3) is 11.1 Å². The molecule has 0 bridgehead atoms. The summed E-state index contributed by atoms with van der Waals surface area (Å²) in [6.07, 6.45) is 0. The van der Waals surface area contributed by atoms with Crippen molar-refractivity contribution in [3.8, 4) is 11.1 Å². The minimum Gasteiger partial charge on any atom is -0.346 e. The number of anilines is 2. The van der Waals surface area contributed by atoms with Gasteiger partial charge >= 0.3 is 0 Å². The Kier molecular flexibility index (Phi) is 5.97. The lowest BCUT2D eigenvalue weighted by Crippen LogP contribution is -2.20. The van der Waals surface area contributed by atoms with Gasteiger partial charge in [0.05, 0.1) is 5.56 Å². The fraction of sp³-hybridized carbons (Fsp3) is 0. The summed E-state index contributed by atoms with van der Waals surface area (Å²) < 4.78 is 0. The van der Waals surface area contributed by atoms with E-state index in [4.69, 9.17) is 12.2 Å². The van der Waals surface area contributed by atoms with Crippen LogP contribution in [-0.2, 0) is 0 Å². The highest BCUT2D eigenvalue weighted by molar-refractivity contribution is 7.81. The molecule has 0 saturated carbocycles. The molecular formula is C26H20N2OS. The van der Waals surface area contributed by atoms with Gasteiger partial charge in [0.2, 0.25) is 0 Å². The van der Waals surface area contributed by atoms with E-state index < -0.39 is 0 Å². The SMILES string of the molecule is O=C(Nc1ccccc1)c1c(C(=S)Nc2ccccc2)cccc1-c1ccccc1. The molecule has 0 atom stereocenters. The third kappa shape index (κ3) is 4.45. The molecule has 0 radical (unpaired) electrons. The van der Waals surface area contributed by atoms with Crippen LogP contribution in [0.4, 0.5) is 11.4 Å². The highest BCUT2D eigenvalue weighted by Gasteiger charge is 2.20. The molecule has 146 valence electrons. The molecule has 3 nitrogen and oxygen atoms in total.